The van der Waals surface area contributed by atoms with Gasteiger partial charge in [-0.05, 0) is 29.0 Å². The van der Waals surface area contributed by atoms with Gasteiger partial charge in [0.1, 0.15) is 16.9 Å². The second-order valence-electron chi connectivity index (χ2n) is 11.1. The number of rotatable bonds is 2. The zero-order valence-electron chi connectivity index (χ0n) is 23.3. The third kappa shape index (κ3) is 3.24. The molecule has 0 amide bonds. The van der Waals surface area contributed by atoms with E-state index in [1.807, 2.05) is 24.3 Å². The Labute approximate surface area is 254 Å². The number of thiophene rings is 1. The number of hydrogen-bond acceptors (Lipinski definition) is 5. The average molecular weight is 580 g/mol. The lowest BCUT2D eigenvalue weighted by molar-refractivity contribution is 0.673. The summed E-state index contributed by atoms with van der Waals surface area (Å²) in [5, 5.41) is 8.68. The van der Waals surface area contributed by atoms with Crippen LogP contribution in [0.1, 0.15) is 0 Å². The number of fused-ring (bicyclic) bond motifs is 13. The Morgan fingerprint density at radius 1 is 0.477 bits per heavy atom. The van der Waals surface area contributed by atoms with Gasteiger partial charge in [0, 0.05) is 42.6 Å². The molecule has 0 aliphatic heterocycles. The van der Waals surface area contributed by atoms with Gasteiger partial charge in [0.25, 0.3) is 0 Å². The third-order valence-electron chi connectivity index (χ3n) is 8.66. The van der Waals surface area contributed by atoms with Gasteiger partial charge in [-0.2, -0.15) is 0 Å². The molecule has 44 heavy (non-hydrogen) atoms. The summed E-state index contributed by atoms with van der Waals surface area (Å²) in [6.45, 7) is 0. The number of furan rings is 1. The van der Waals surface area contributed by atoms with Gasteiger partial charge in [0.05, 0.1) is 21.4 Å². The minimum Gasteiger partial charge on any atom is -0.455 e. The first-order valence-corrected chi connectivity index (χ1v) is 15.4. The van der Waals surface area contributed by atoms with Crippen LogP contribution in [0.5, 0.6) is 0 Å². The van der Waals surface area contributed by atoms with Crippen molar-refractivity contribution in [1.82, 2.24) is 15.0 Å². The van der Waals surface area contributed by atoms with Crippen LogP contribution in [0.25, 0.3) is 97.5 Å². The van der Waals surface area contributed by atoms with E-state index in [9.17, 15) is 0 Å². The van der Waals surface area contributed by atoms with Crippen LogP contribution in [0.2, 0.25) is 0 Å². The highest BCUT2D eigenvalue weighted by Crippen LogP contribution is 2.46. The molecule has 4 nitrogen and oxygen atoms in total. The fraction of sp³-hybridized carbons (Fsp3) is 0. The Kier molecular flexibility index (Phi) is 4.84. The number of hydrogen-bond donors (Lipinski definition) is 0. The van der Waals surface area contributed by atoms with Crippen LogP contribution in [0, 0.1) is 0 Å². The fourth-order valence-electron chi connectivity index (χ4n) is 6.77. The largest absolute Gasteiger partial charge is 0.455 e. The smallest absolute Gasteiger partial charge is 0.180 e. The fourth-order valence-corrected chi connectivity index (χ4v) is 7.92. The lowest BCUT2D eigenvalue weighted by atomic mass is 9.93. The van der Waals surface area contributed by atoms with Crippen LogP contribution < -0.4 is 0 Å². The lowest BCUT2D eigenvalue weighted by Gasteiger charge is -2.14. The first kappa shape index (κ1) is 23.9. The van der Waals surface area contributed by atoms with Crippen molar-refractivity contribution < 1.29 is 4.42 Å². The topological polar surface area (TPSA) is 51.8 Å². The predicted octanol–water partition coefficient (Wildman–Crippen LogP) is 10.9. The normalized spacial score (nSPS) is 12.1. The van der Waals surface area contributed by atoms with Gasteiger partial charge in [0.15, 0.2) is 5.82 Å². The van der Waals surface area contributed by atoms with Crippen LogP contribution in [0.4, 0.5) is 0 Å². The van der Waals surface area contributed by atoms with E-state index < -0.39 is 0 Å². The lowest BCUT2D eigenvalue weighted by Crippen LogP contribution is -1.98. The van der Waals surface area contributed by atoms with E-state index in [2.05, 4.69) is 103 Å². The summed E-state index contributed by atoms with van der Waals surface area (Å²) in [4.78, 5) is 16.0. The molecule has 10 aromatic rings. The molecule has 0 atom stereocenters. The van der Waals surface area contributed by atoms with Crippen LogP contribution in [0.3, 0.4) is 0 Å². The maximum absolute atomic E-state index is 6.71. The van der Waals surface area contributed by atoms with E-state index in [0.717, 1.165) is 86.9 Å². The minimum atomic E-state index is 0.608. The predicted molar refractivity (Wildman–Crippen MR) is 183 cm³/mol. The Morgan fingerprint density at radius 3 is 1.98 bits per heavy atom. The highest BCUT2D eigenvalue weighted by atomic mass is 32.1. The van der Waals surface area contributed by atoms with Gasteiger partial charge >= 0.3 is 0 Å². The van der Waals surface area contributed by atoms with Gasteiger partial charge in [-0.25, -0.2) is 15.0 Å². The van der Waals surface area contributed by atoms with Crippen molar-refractivity contribution in [3.8, 4) is 22.8 Å². The van der Waals surface area contributed by atoms with Crippen molar-refractivity contribution in [1.29, 1.82) is 0 Å². The summed E-state index contributed by atoms with van der Waals surface area (Å²) in [6, 6.07) is 44.0. The van der Waals surface area contributed by atoms with Crippen molar-refractivity contribution in [3.05, 3.63) is 127 Å². The van der Waals surface area contributed by atoms with E-state index in [1.54, 1.807) is 11.3 Å². The Hall–Kier alpha value is -5.65. The van der Waals surface area contributed by atoms with Crippen LogP contribution in [0.15, 0.2) is 132 Å². The van der Waals surface area contributed by atoms with Gasteiger partial charge in [0.2, 0.25) is 0 Å². The van der Waals surface area contributed by atoms with Crippen molar-refractivity contribution in [2.75, 3.05) is 0 Å². The second kappa shape index (κ2) is 8.93. The molecule has 0 saturated carbocycles. The SMILES string of the molecule is c1ccc(-c2nc(-c3nc4ccccc4c4c5oc6ccccc6c5c5ccccc5c34)nc3c2sc2ccccc23)cc1. The number of nitrogens with zero attached hydrogens (tertiary/aromatic N) is 3. The molecule has 0 N–H and O–H groups in total. The quantitative estimate of drug-likeness (QED) is 0.191. The number of pyridine rings is 1. The maximum Gasteiger partial charge on any atom is 0.180 e. The molecule has 204 valence electrons. The molecule has 10 rings (SSSR count). The van der Waals surface area contributed by atoms with E-state index in [4.69, 9.17) is 19.4 Å². The summed E-state index contributed by atoms with van der Waals surface area (Å²) >= 11 is 1.74. The van der Waals surface area contributed by atoms with E-state index in [1.165, 1.54) is 4.70 Å². The molecule has 0 bridgehead atoms. The molecule has 0 aliphatic carbocycles. The standard InChI is InChI=1S/C39H21N3OS/c1-2-12-22(13-3-1)34-38-35(27-18-8-11-21-30(27)44-38)42-39(41-34)36-32-24-15-5-4-14-23(24)31-26-17-7-10-20-29(26)43-37(31)33(32)25-16-6-9-19-28(25)40-36/h1-21H. The van der Waals surface area contributed by atoms with Gasteiger partial charge < -0.3 is 4.42 Å². The summed E-state index contributed by atoms with van der Waals surface area (Å²) in [6.07, 6.45) is 0. The minimum absolute atomic E-state index is 0.608. The highest BCUT2D eigenvalue weighted by Gasteiger charge is 2.24. The molecular formula is C39H21N3OS. The number of benzene rings is 6. The Morgan fingerprint density at radius 2 is 1.14 bits per heavy atom. The summed E-state index contributed by atoms with van der Waals surface area (Å²) < 4.78 is 8.99. The van der Waals surface area contributed by atoms with Crippen molar-refractivity contribution in [2.45, 2.75) is 0 Å². The molecule has 0 saturated heterocycles. The number of para-hydroxylation sites is 2. The average Bonchev–Trinajstić information content (AvgIpc) is 3.67. The second-order valence-corrected chi connectivity index (χ2v) is 12.2. The van der Waals surface area contributed by atoms with E-state index >= 15 is 0 Å². The first-order chi connectivity index (χ1) is 21.8. The Balaban J connectivity index is 1.45. The van der Waals surface area contributed by atoms with Crippen LogP contribution in [-0.4, -0.2) is 15.0 Å². The summed E-state index contributed by atoms with van der Waals surface area (Å²) in [7, 11) is 0. The zero-order chi connectivity index (χ0) is 28.8. The zero-order valence-corrected chi connectivity index (χ0v) is 24.1. The molecule has 0 unspecified atom stereocenters. The molecule has 0 spiro atoms. The molecule has 4 heterocycles. The van der Waals surface area contributed by atoms with Crippen LogP contribution in [-0.2, 0) is 0 Å². The van der Waals surface area contributed by atoms with Crippen molar-refractivity contribution in [2.24, 2.45) is 0 Å². The molecular weight excluding hydrogens is 559 g/mol. The van der Waals surface area contributed by atoms with Crippen molar-refractivity contribution >= 4 is 86.0 Å². The third-order valence-corrected chi connectivity index (χ3v) is 9.83. The van der Waals surface area contributed by atoms with E-state index in [0.29, 0.717) is 5.82 Å². The highest BCUT2D eigenvalue weighted by molar-refractivity contribution is 7.26. The molecule has 6 aromatic carbocycles. The van der Waals surface area contributed by atoms with Gasteiger partial charge in [-0.3, -0.25) is 0 Å². The van der Waals surface area contributed by atoms with Crippen LogP contribution >= 0.6 is 11.3 Å². The molecule has 4 aromatic heterocycles. The molecule has 0 fully saturated rings. The monoisotopic (exact) mass is 579 g/mol. The van der Waals surface area contributed by atoms with E-state index in [-0.39, 0.29) is 0 Å². The number of aromatic nitrogens is 3. The summed E-state index contributed by atoms with van der Waals surface area (Å²) in [5.41, 5.74) is 6.30. The molecule has 0 radical (unpaired) electrons. The van der Waals surface area contributed by atoms with Gasteiger partial charge in [-0.15, -0.1) is 11.3 Å². The maximum atomic E-state index is 6.71. The van der Waals surface area contributed by atoms with Gasteiger partial charge in [-0.1, -0.05) is 109 Å². The first-order valence-electron chi connectivity index (χ1n) is 14.6. The molecule has 0 aliphatic rings. The Bertz CT molecular complexity index is 2780. The summed E-state index contributed by atoms with van der Waals surface area (Å²) in [5.74, 6) is 0.608. The van der Waals surface area contributed by atoms with Crippen molar-refractivity contribution in [3.63, 3.8) is 0 Å². The molecule has 5 heteroatoms.